The lowest BCUT2D eigenvalue weighted by molar-refractivity contribution is 0.460. The quantitative estimate of drug-likeness (QED) is 0.620. The van der Waals surface area contributed by atoms with Crippen molar-refractivity contribution in [2.45, 2.75) is 34.6 Å². The zero-order valence-corrected chi connectivity index (χ0v) is 10.2. The van der Waals surface area contributed by atoms with Crippen molar-refractivity contribution in [2.24, 2.45) is 11.3 Å². The first-order chi connectivity index (χ1) is 5.12. The maximum atomic E-state index is 12.0. The molecule has 0 amide bonds. The summed E-state index contributed by atoms with van der Waals surface area (Å²) in [5, 5.41) is 0. The minimum Gasteiger partial charge on any atom is -0.324 e. The van der Waals surface area contributed by atoms with Gasteiger partial charge in [-0.3, -0.25) is 0 Å². The van der Waals surface area contributed by atoms with Gasteiger partial charge in [0.2, 0.25) is 0 Å². The second-order valence-electron chi connectivity index (χ2n) is 5.59. The topological polar surface area (TPSA) is 17.1 Å². The molecular weight excluding hydrogens is 167 g/mol. The highest BCUT2D eigenvalue weighted by atomic mass is 31.2. The van der Waals surface area contributed by atoms with Crippen molar-refractivity contribution in [1.29, 1.82) is 0 Å². The van der Waals surface area contributed by atoms with Gasteiger partial charge in [0.25, 0.3) is 0 Å². The Kier molecular flexibility index (Phi) is 4.03. The summed E-state index contributed by atoms with van der Waals surface area (Å²) in [5.74, 6) is 0.559. The van der Waals surface area contributed by atoms with Gasteiger partial charge in [0, 0.05) is 12.3 Å². The second-order valence-corrected chi connectivity index (χ2v) is 8.87. The van der Waals surface area contributed by atoms with E-state index in [-0.39, 0.29) is 5.41 Å². The molecular formula is C10H23OP. The van der Waals surface area contributed by atoms with Crippen molar-refractivity contribution in [3.05, 3.63) is 0 Å². The van der Waals surface area contributed by atoms with Crippen LogP contribution >= 0.6 is 7.14 Å². The maximum Gasteiger partial charge on any atom is 0.0856 e. The molecule has 0 saturated heterocycles. The summed E-state index contributed by atoms with van der Waals surface area (Å²) in [6.07, 6.45) is 1.77. The van der Waals surface area contributed by atoms with E-state index >= 15 is 0 Å². The second kappa shape index (κ2) is 3.96. The first-order valence-electron chi connectivity index (χ1n) is 4.68. The van der Waals surface area contributed by atoms with E-state index in [1.165, 1.54) is 0 Å². The molecule has 0 radical (unpaired) electrons. The van der Waals surface area contributed by atoms with Crippen LogP contribution in [0, 0.1) is 11.3 Å². The van der Waals surface area contributed by atoms with Gasteiger partial charge in [-0.15, -0.1) is 0 Å². The Labute approximate surface area is 77.3 Å². The molecule has 12 heavy (non-hydrogen) atoms. The molecule has 0 fully saturated rings. The zero-order valence-electron chi connectivity index (χ0n) is 9.35. The molecule has 0 aliphatic carbocycles. The predicted octanol–water partition coefficient (Wildman–Crippen LogP) is 3.68. The summed E-state index contributed by atoms with van der Waals surface area (Å²) in [6.45, 7) is 12.7. The van der Waals surface area contributed by atoms with Crippen molar-refractivity contribution < 1.29 is 4.57 Å². The molecule has 0 saturated carbocycles. The molecule has 0 spiro atoms. The van der Waals surface area contributed by atoms with E-state index in [0.29, 0.717) is 5.92 Å². The summed E-state index contributed by atoms with van der Waals surface area (Å²) < 4.78 is 12.0. The van der Waals surface area contributed by atoms with Gasteiger partial charge in [-0.25, -0.2) is 0 Å². The van der Waals surface area contributed by atoms with Crippen LogP contribution in [0.5, 0.6) is 0 Å². The predicted molar refractivity (Wildman–Crippen MR) is 57.6 cm³/mol. The van der Waals surface area contributed by atoms with E-state index in [4.69, 9.17) is 0 Å². The molecule has 1 unspecified atom stereocenters. The molecule has 0 aromatic heterocycles. The fourth-order valence-corrected chi connectivity index (χ4v) is 5.52. The Hall–Kier alpha value is 0.230. The standard InChI is InChI=1S/C10H23OP/c1-9(2)7-12(6,11)8-10(3,4)5/h9H,7-8H2,1-6H3. The van der Waals surface area contributed by atoms with Gasteiger partial charge in [0.1, 0.15) is 0 Å². The Bertz CT molecular complexity index is 177. The van der Waals surface area contributed by atoms with E-state index in [1.807, 2.05) is 6.66 Å². The van der Waals surface area contributed by atoms with Gasteiger partial charge in [-0.05, 0) is 18.0 Å². The van der Waals surface area contributed by atoms with E-state index in [2.05, 4.69) is 34.6 Å². The third-order valence-corrected chi connectivity index (χ3v) is 4.68. The molecule has 0 N–H and O–H groups in total. The average Bonchev–Trinajstić information content (AvgIpc) is 1.48. The molecule has 1 nitrogen and oxygen atoms in total. The molecule has 2 heteroatoms. The highest BCUT2D eigenvalue weighted by molar-refractivity contribution is 7.63. The normalized spacial score (nSPS) is 17.9. The Morgan fingerprint density at radius 1 is 1.25 bits per heavy atom. The first kappa shape index (κ1) is 12.2. The summed E-state index contributed by atoms with van der Waals surface area (Å²) in [6, 6.07) is 0. The van der Waals surface area contributed by atoms with Crippen LogP contribution < -0.4 is 0 Å². The zero-order chi connectivity index (χ0) is 9.99. The fraction of sp³-hybridized carbons (Fsp3) is 1.00. The molecule has 0 aromatic rings. The fourth-order valence-electron chi connectivity index (χ4n) is 1.84. The highest BCUT2D eigenvalue weighted by Gasteiger charge is 2.24. The SMILES string of the molecule is CC(C)CP(C)(=O)CC(C)(C)C. The van der Waals surface area contributed by atoms with E-state index in [1.54, 1.807) is 0 Å². The largest absolute Gasteiger partial charge is 0.324 e. The monoisotopic (exact) mass is 190 g/mol. The van der Waals surface area contributed by atoms with Gasteiger partial charge < -0.3 is 4.57 Å². The van der Waals surface area contributed by atoms with Crippen LogP contribution in [0.4, 0.5) is 0 Å². The molecule has 0 heterocycles. The molecule has 74 valence electrons. The Morgan fingerprint density at radius 2 is 1.67 bits per heavy atom. The van der Waals surface area contributed by atoms with Gasteiger partial charge in [0.15, 0.2) is 0 Å². The van der Waals surface area contributed by atoms with Crippen molar-refractivity contribution in [2.75, 3.05) is 19.0 Å². The highest BCUT2D eigenvalue weighted by Crippen LogP contribution is 2.47. The summed E-state index contributed by atoms with van der Waals surface area (Å²) in [5.41, 5.74) is 0.208. The lowest BCUT2D eigenvalue weighted by Gasteiger charge is -2.24. The lowest BCUT2D eigenvalue weighted by Crippen LogP contribution is -2.14. The first-order valence-corrected chi connectivity index (χ1v) is 7.20. The van der Waals surface area contributed by atoms with Gasteiger partial charge >= 0.3 is 0 Å². The smallest absolute Gasteiger partial charge is 0.0856 e. The van der Waals surface area contributed by atoms with Crippen LogP contribution in [0.1, 0.15) is 34.6 Å². The van der Waals surface area contributed by atoms with Crippen molar-refractivity contribution in [3.63, 3.8) is 0 Å². The van der Waals surface area contributed by atoms with E-state index in [9.17, 15) is 4.57 Å². The van der Waals surface area contributed by atoms with Gasteiger partial charge in [-0.2, -0.15) is 0 Å². The molecule has 1 atom stereocenters. The third kappa shape index (κ3) is 6.91. The van der Waals surface area contributed by atoms with Crippen molar-refractivity contribution in [3.8, 4) is 0 Å². The number of rotatable bonds is 3. The summed E-state index contributed by atoms with van der Waals surface area (Å²) >= 11 is 0. The van der Waals surface area contributed by atoms with Crippen LogP contribution in [0.15, 0.2) is 0 Å². The van der Waals surface area contributed by atoms with Gasteiger partial charge in [-0.1, -0.05) is 34.6 Å². The van der Waals surface area contributed by atoms with Crippen LogP contribution in [-0.4, -0.2) is 19.0 Å². The minimum atomic E-state index is -1.87. The number of hydrogen-bond acceptors (Lipinski definition) is 1. The molecule has 0 aromatic carbocycles. The van der Waals surface area contributed by atoms with E-state index < -0.39 is 7.14 Å². The van der Waals surface area contributed by atoms with E-state index in [0.717, 1.165) is 12.3 Å². The van der Waals surface area contributed by atoms with Crippen molar-refractivity contribution >= 4 is 7.14 Å². The van der Waals surface area contributed by atoms with Crippen LogP contribution in [0.3, 0.4) is 0 Å². The van der Waals surface area contributed by atoms with Crippen LogP contribution in [0.2, 0.25) is 0 Å². The lowest BCUT2D eigenvalue weighted by atomic mass is 10.0. The molecule has 0 aliphatic rings. The Morgan fingerprint density at radius 3 is 1.92 bits per heavy atom. The van der Waals surface area contributed by atoms with Gasteiger partial charge in [0.05, 0.1) is 7.14 Å². The third-order valence-electron chi connectivity index (χ3n) is 1.56. The molecule has 0 bridgehead atoms. The maximum absolute atomic E-state index is 12.0. The average molecular weight is 190 g/mol. The summed E-state index contributed by atoms with van der Waals surface area (Å²) in [7, 11) is -1.87. The number of hydrogen-bond donors (Lipinski definition) is 0. The van der Waals surface area contributed by atoms with Crippen LogP contribution in [-0.2, 0) is 4.57 Å². The summed E-state index contributed by atoms with van der Waals surface area (Å²) in [4.78, 5) is 0. The molecule has 0 rings (SSSR count). The van der Waals surface area contributed by atoms with Crippen molar-refractivity contribution in [1.82, 2.24) is 0 Å². The minimum absolute atomic E-state index is 0.208. The Balaban J connectivity index is 4.15. The molecule has 0 aliphatic heterocycles. The van der Waals surface area contributed by atoms with Crippen LogP contribution in [0.25, 0.3) is 0 Å².